The minimum Gasteiger partial charge on any atom is -0.391 e. The van der Waals surface area contributed by atoms with Gasteiger partial charge in [0.2, 0.25) is 5.91 Å². The van der Waals surface area contributed by atoms with Crippen LogP contribution in [0.5, 0.6) is 0 Å². The third-order valence-electron chi connectivity index (χ3n) is 6.07. The Morgan fingerprint density at radius 2 is 1.92 bits per heavy atom. The predicted octanol–water partition coefficient (Wildman–Crippen LogP) is 2.59. The molecule has 5 nitrogen and oxygen atoms in total. The molecule has 1 saturated carbocycles. The average Bonchev–Trinajstić information content (AvgIpc) is 3.29. The Morgan fingerprint density at radius 3 is 2.62 bits per heavy atom. The monoisotopic (exact) mass is 353 g/mol. The number of benzene rings is 1. The maximum atomic E-state index is 12.7. The standard InChI is InChI=1S/C21H27N3O2/c1-15-3-5-16(6-4-15)7-8-21(26)23-13-17-11-19(24-10-2-9-22-24)20(25)12-18(17)14-23/h2-6,9-10,17-20,25H,7-8,11-14H2,1H3/t17-,18+,19-,20-/m1/s1. The minimum atomic E-state index is -0.376. The first-order chi connectivity index (χ1) is 12.6. The van der Waals surface area contributed by atoms with Gasteiger partial charge in [-0.2, -0.15) is 5.10 Å². The molecule has 0 radical (unpaired) electrons. The number of aliphatic hydroxyl groups excluding tert-OH is 1. The summed E-state index contributed by atoms with van der Waals surface area (Å²) in [5.41, 5.74) is 2.46. The Kier molecular flexibility index (Phi) is 4.81. The van der Waals surface area contributed by atoms with Crippen LogP contribution in [0.1, 0.15) is 36.4 Å². The molecule has 2 aliphatic rings. The number of nitrogens with zero attached hydrogens (tertiary/aromatic N) is 3. The van der Waals surface area contributed by atoms with Crippen LogP contribution >= 0.6 is 0 Å². The van der Waals surface area contributed by atoms with E-state index < -0.39 is 0 Å². The number of amides is 1. The molecule has 138 valence electrons. The summed E-state index contributed by atoms with van der Waals surface area (Å²) in [5.74, 6) is 1.13. The number of aromatic nitrogens is 2. The van der Waals surface area contributed by atoms with Crippen LogP contribution in [0, 0.1) is 18.8 Å². The summed E-state index contributed by atoms with van der Waals surface area (Å²) in [6.45, 7) is 3.69. The van der Waals surface area contributed by atoms with Crippen molar-refractivity contribution in [2.75, 3.05) is 13.1 Å². The van der Waals surface area contributed by atoms with E-state index in [0.717, 1.165) is 32.4 Å². The van der Waals surface area contributed by atoms with Gasteiger partial charge in [0.15, 0.2) is 0 Å². The predicted molar refractivity (Wildman–Crippen MR) is 99.6 cm³/mol. The van der Waals surface area contributed by atoms with Crippen molar-refractivity contribution in [3.05, 3.63) is 53.9 Å². The number of carbonyl (C=O) groups is 1. The summed E-state index contributed by atoms with van der Waals surface area (Å²) in [6, 6.07) is 10.3. The van der Waals surface area contributed by atoms with Crippen molar-refractivity contribution in [1.29, 1.82) is 0 Å². The van der Waals surface area contributed by atoms with Crippen LogP contribution < -0.4 is 0 Å². The summed E-state index contributed by atoms with van der Waals surface area (Å²) in [7, 11) is 0. The van der Waals surface area contributed by atoms with Crippen molar-refractivity contribution in [3.8, 4) is 0 Å². The van der Waals surface area contributed by atoms with Crippen molar-refractivity contribution >= 4 is 5.91 Å². The second-order valence-corrected chi connectivity index (χ2v) is 7.90. The zero-order chi connectivity index (χ0) is 18.1. The van der Waals surface area contributed by atoms with Gasteiger partial charge < -0.3 is 10.0 Å². The summed E-state index contributed by atoms with van der Waals surface area (Å²) in [4.78, 5) is 14.7. The van der Waals surface area contributed by atoms with Crippen molar-refractivity contribution < 1.29 is 9.90 Å². The van der Waals surface area contributed by atoms with Gasteiger partial charge in [0.25, 0.3) is 0 Å². The molecule has 0 spiro atoms. The Morgan fingerprint density at radius 1 is 1.19 bits per heavy atom. The first-order valence-corrected chi connectivity index (χ1v) is 9.60. The second-order valence-electron chi connectivity index (χ2n) is 7.90. The highest BCUT2D eigenvalue weighted by atomic mass is 16.3. The van der Waals surface area contributed by atoms with E-state index in [2.05, 4.69) is 36.3 Å². The van der Waals surface area contributed by atoms with Gasteiger partial charge in [0, 0.05) is 31.9 Å². The average molecular weight is 353 g/mol. The molecule has 1 amide bonds. The number of carbonyl (C=O) groups excluding carboxylic acids is 1. The molecule has 2 heterocycles. The van der Waals surface area contributed by atoms with Gasteiger partial charge in [0.1, 0.15) is 0 Å². The molecule has 1 aliphatic carbocycles. The Balaban J connectivity index is 1.34. The van der Waals surface area contributed by atoms with Crippen molar-refractivity contribution in [2.45, 2.75) is 44.8 Å². The third-order valence-corrected chi connectivity index (χ3v) is 6.07. The van der Waals surface area contributed by atoms with Gasteiger partial charge in [-0.15, -0.1) is 0 Å². The SMILES string of the molecule is Cc1ccc(CCC(=O)N2C[C@H]3C[C@@H](n4cccn4)[C@H](O)C[C@H]3C2)cc1. The number of aryl methyl sites for hydroxylation is 2. The number of hydrogen-bond donors (Lipinski definition) is 1. The van der Waals surface area contributed by atoms with Crippen molar-refractivity contribution in [2.24, 2.45) is 11.8 Å². The number of fused-ring (bicyclic) bond motifs is 1. The molecule has 1 aromatic carbocycles. The number of rotatable bonds is 4. The van der Waals surface area contributed by atoms with Crippen molar-refractivity contribution in [3.63, 3.8) is 0 Å². The van der Waals surface area contributed by atoms with Crippen LogP contribution in [0.15, 0.2) is 42.7 Å². The van der Waals surface area contributed by atoms with E-state index in [1.54, 1.807) is 6.20 Å². The molecule has 0 bridgehead atoms. The second kappa shape index (κ2) is 7.23. The van der Waals surface area contributed by atoms with E-state index in [9.17, 15) is 9.90 Å². The van der Waals surface area contributed by atoms with Gasteiger partial charge in [-0.1, -0.05) is 29.8 Å². The van der Waals surface area contributed by atoms with Crippen LogP contribution in [0.3, 0.4) is 0 Å². The number of hydrogen-bond acceptors (Lipinski definition) is 3. The summed E-state index contributed by atoms with van der Waals surface area (Å²) >= 11 is 0. The van der Waals surface area contributed by atoms with E-state index in [4.69, 9.17) is 0 Å². The maximum absolute atomic E-state index is 12.7. The fraction of sp³-hybridized carbons (Fsp3) is 0.524. The van der Waals surface area contributed by atoms with Gasteiger partial charge in [0.05, 0.1) is 12.1 Å². The minimum absolute atomic E-state index is 0.0360. The van der Waals surface area contributed by atoms with Crippen LogP contribution in [0.25, 0.3) is 0 Å². The molecule has 4 atom stereocenters. The molecular weight excluding hydrogens is 326 g/mol. The van der Waals surface area contributed by atoms with E-state index in [0.29, 0.717) is 18.3 Å². The summed E-state index contributed by atoms with van der Waals surface area (Å²) in [5, 5.41) is 14.8. The molecule has 26 heavy (non-hydrogen) atoms. The van der Waals surface area contributed by atoms with Gasteiger partial charge >= 0.3 is 0 Å². The third kappa shape index (κ3) is 3.54. The van der Waals surface area contributed by atoms with Crippen LogP contribution in [0.2, 0.25) is 0 Å². The lowest BCUT2D eigenvalue weighted by Gasteiger charge is -2.35. The topological polar surface area (TPSA) is 58.4 Å². The normalized spacial score (nSPS) is 28.2. The van der Waals surface area contributed by atoms with Crippen LogP contribution in [-0.4, -0.2) is 44.9 Å². The molecule has 1 aromatic heterocycles. The maximum Gasteiger partial charge on any atom is 0.222 e. The largest absolute Gasteiger partial charge is 0.391 e. The zero-order valence-corrected chi connectivity index (χ0v) is 15.3. The molecular formula is C21H27N3O2. The first kappa shape index (κ1) is 17.3. The molecule has 0 unspecified atom stereocenters. The van der Waals surface area contributed by atoms with Gasteiger partial charge in [-0.25, -0.2) is 0 Å². The van der Waals surface area contributed by atoms with Crippen molar-refractivity contribution in [1.82, 2.24) is 14.7 Å². The molecule has 1 N–H and O–H groups in total. The van der Waals surface area contributed by atoms with Gasteiger partial charge in [-0.05, 0) is 49.7 Å². The smallest absolute Gasteiger partial charge is 0.222 e. The number of aliphatic hydroxyl groups is 1. The summed E-state index contributed by atoms with van der Waals surface area (Å²) in [6.07, 6.45) is 6.32. The molecule has 5 heteroatoms. The lowest BCUT2D eigenvalue weighted by molar-refractivity contribution is -0.130. The number of likely N-dealkylation sites (tertiary alicyclic amines) is 1. The Hall–Kier alpha value is -2.14. The lowest BCUT2D eigenvalue weighted by atomic mass is 9.77. The fourth-order valence-corrected chi connectivity index (χ4v) is 4.54. The van der Waals surface area contributed by atoms with E-state index in [-0.39, 0.29) is 18.1 Å². The molecule has 1 saturated heterocycles. The van der Waals surface area contributed by atoms with Gasteiger partial charge in [-0.3, -0.25) is 9.48 Å². The molecule has 1 aliphatic heterocycles. The highest BCUT2D eigenvalue weighted by Crippen LogP contribution is 2.41. The molecule has 2 fully saturated rings. The fourth-order valence-electron chi connectivity index (χ4n) is 4.54. The van der Waals surface area contributed by atoms with Crippen LogP contribution in [0.4, 0.5) is 0 Å². The van der Waals surface area contributed by atoms with E-state index >= 15 is 0 Å². The highest BCUT2D eigenvalue weighted by Gasteiger charge is 2.43. The van der Waals surface area contributed by atoms with E-state index in [1.807, 2.05) is 21.8 Å². The quantitative estimate of drug-likeness (QED) is 0.919. The summed E-state index contributed by atoms with van der Waals surface area (Å²) < 4.78 is 1.88. The van der Waals surface area contributed by atoms with E-state index in [1.165, 1.54) is 11.1 Å². The zero-order valence-electron chi connectivity index (χ0n) is 15.3. The van der Waals surface area contributed by atoms with Crippen LogP contribution in [-0.2, 0) is 11.2 Å². The first-order valence-electron chi connectivity index (χ1n) is 9.60. The Labute approximate surface area is 154 Å². The molecule has 4 rings (SSSR count). The molecule has 2 aromatic rings. The lowest BCUT2D eigenvalue weighted by Crippen LogP contribution is -2.36. The highest BCUT2D eigenvalue weighted by molar-refractivity contribution is 5.76. The Bertz CT molecular complexity index is 741.